The zero-order valence-electron chi connectivity index (χ0n) is 13.7. The summed E-state index contributed by atoms with van der Waals surface area (Å²) >= 11 is 3.47. The quantitative estimate of drug-likeness (QED) is 0.666. The maximum Gasteiger partial charge on any atom is 0.256 e. The molecule has 0 unspecified atom stereocenters. The van der Waals surface area contributed by atoms with Gasteiger partial charge in [0.25, 0.3) is 5.91 Å². The minimum absolute atomic E-state index is 0.0178. The van der Waals surface area contributed by atoms with Gasteiger partial charge in [0.1, 0.15) is 12.2 Å². The number of aromatic nitrogens is 3. The van der Waals surface area contributed by atoms with E-state index in [9.17, 15) is 4.79 Å². The molecule has 0 radical (unpaired) electrons. The van der Waals surface area contributed by atoms with Crippen LogP contribution in [-0.4, -0.2) is 32.3 Å². The molecule has 1 amide bonds. The van der Waals surface area contributed by atoms with Crippen LogP contribution in [0.4, 0.5) is 0 Å². The second-order valence-corrected chi connectivity index (χ2v) is 6.97. The Morgan fingerprint density at radius 3 is 2.62 bits per heavy atom. The van der Waals surface area contributed by atoms with Crippen LogP contribution in [0, 0.1) is 5.92 Å². The summed E-state index contributed by atoms with van der Waals surface area (Å²) in [7, 11) is 0. The van der Waals surface area contributed by atoms with Crippen molar-refractivity contribution >= 4 is 32.9 Å². The Bertz CT molecular complexity index is 859. The van der Waals surface area contributed by atoms with Crippen molar-refractivity contribution in [3.05, 3.63) is 58.6 Å². The first kappa shape index (κ1) is 16.6. The second-order valence-electron chi connectivity index (χ2n) is 6.12. The van der Waals surface area contributed by atoms with Gasteiger partial charge in [0.2, 0.25) is 0 Å². The summed E-state index contributed by atoms with van der Waals surface area (Å²) in [5.41, 5.74) is 2.41. The van der Waals surface area contributed by atoms with Gasteiger partial charge in [-0.2, -0.15) is 0 Å². The number of halogens is 1. The number of hydrogen-bond donors (Lipinski definition) is 0. The van der Waals surface area contributed by atoms with Crippen molar-refractivity contribution in [2.75, 3.05) is 6.54 Å². The first-order valence-corrected chi connectivity index (χ1v) is 8.67. The minimum Gasteiger partial charge on any atom is -0.319 e. The average Bonchev–Trinajstić information content (AvgIpc) is 2.97. The molecule has 2 aromatic carbocycles. The normalized spacial score (nSPS) is 11.2. The lowest BCUT2D eigenvalue weighted by Crippen LogP contribution is -2.36. The Kier molecular flexibility index (Phi) is 4.94. The predicted octanol–water partition coefficient (Wildman–Crippen LogP) is 3.95. The predicted molar refractivity (Wildman–Crippen MR) is 97.5 cm³/mol. The Balaban J connectivity index is 1.92. The van der Waals surface area contributed by atoms with Crippen LogP contribution in [-0.2, 0) is 6.67 Å². The number of amides is 1. The molecule has 124 valence electrons. The van der Waals surface area contributed by atoms with E-state index in [1.807, 2.05) is 53.4 Å². The summed E-state index contributed by atoms with van der Waals surface area (Å²) < 4.78 is 2.57. The third-order valence-corrected chi connectivity index (χ3v) is 4.39. The maximum atomic E-state index is 13.0. The Morgan fingerprint density at radius 2 is 1.88 bits per heavy atom. The first-order chi connectivity index (χ1) is 11.6. The molecule has 0 spiro atoms. The van der Waals surface area contributed by atoms with Gasteiger partial charge in [0.05, 0.1) is 11.1 Å². The van der Waals surface area contributed by atoms with Crippen molar-refractivity contribution in [3.63, 3.8) is 0 Å². The highest BCUT2D eigenvalue weighted by Gasteiger charge is 2.20. The van der Waals surface area contributed by atoms with Gasteiger partial charge in [-0.15, -0.1) is 5.10 Å². The third kappa shape index (κ3) is 3.48. The van der Waals surface area contributed by atoms with Crippen molar-refractivity contribution in [1.29, 1.82) is 0 Å². The molecule has 3 aromatic rings. The van der Waals surface area contributed by atoms with Crippen LogP contribution in [0.5, 0.6) is 0 Å². The van der Waals surface area contributed by atoms with E-state index >= 15 is 0 Å². The minimum atomic E-state index is -0.0178. The molecule has 0 fully saturated rings. The lowest BCUT2D eigenvalue weighted by atomic mass is 10.1. The van der Waals surface area contributed by atoms with E-state index in [-0.39, 0.29) is 5.91 Å². The molecule has 24 heavy (non-hydrogen) atoms. The summed E-state index contributed by atoms with van der Waals surface area (Å²) in [4.78, 5) is 14.8. The van der Waals surface area contributed by atoms with Crippen LogP contribution in [0.15, 0.2) is 53.0 Å². The smallest absolute Gasteiger partial charge is 0.256 e. The SMILES string of the molecule is CC(C)CN(Cn1nnc2ccccc21)C(=O)c1ccccc1Br. The van der Waals surface area contributed by atoms with Crippen molar-refractivity contribution in [3.8, 4) is 0 Å². The molecule has 0 atom stereocenters. The van der Waals surface area contributed by atoms with Crippen molar-refractivity contribution < 1.29 is 4.79 Å². The molecule has 0 aliphatic heterocycles. The van der Waals surface area contributed by atoms with E-state index in [4.69, 9.17) is 0 Å². The lowest BCUT2D eigenvalue weighted by molar-refractivity contribution is 0.0670. The Hall–Kier alpha value is -2.21. The fourth-order valence-electron chi connectivity index (χ4n) is 2.63. The van der Waals surface area contributed by atoms with Crippen LogP contribution in [0.25, 0.3) is 11.0 Å². The van der Waals surface area contributed by atoms with E-state index in [0.717, 1.165) is 15.5 Å². The van der Waals surface area contributed by atoms with E-state index in [0.29, 0.717) is 24.7 Å². The van der Waals surface area contributed by atoms with Crippen LogP contribution < -0.4 is 0 Å². The van der Waals surface area contributed by atoms with E-state index in [2.05, 4.69) is 40.1 Å². The number of benzene rings is 2. The van der Waals surface area contributed by atoms with Gasteiger partial charge in [-0.1, -0.05) is 43.3 Å². The molecule has 0 aliphatic carbocycles. The summed E-state index contributed by atoms with van der Waals surface area (Å²) in [6, 6.07) is 15.2. The van der Waals surface area contributed by atoms with Gasteiger partial charge < -0.3 is 4.90 Å². The number of hydrogen-bond acceptors (Lipinski definition) is 3. The summed E-state index contributed by atoms with van der Waals surface area (Å²) in [6.45, 7) is 5.22. The molecule has 1 aromatic heterocycles. The Morgan fingerprint density at radius 1 is 1.17 bits per heavy atom. The molecule has 5 nitrogen and oxygen atoms in total. The van der Waals surface area contributed by atoms with Crippen molar-refractivity contribution in [1.82, 2.24) is 19.9 Å². The van der Waals surface area contributed by atoms with Crippen LogP contribution in [0.3, 0.4) is 0 Å². The average molecular weight is 387 g/mol. The van der Waals surface area contributed by atoms with Gasteiger partial charge in [0, 0.05) is 11.0 Å². The van der Waals surface area contributed by atoms with Gasteiger partial charge in [-0.3, -0.25) is 4.79 Å². The first-order valence-electron chi connectivity index (χ1n) is 7.88. The molecule has 1 heterocycles. The summed E-state index contributed by atoms with van der Waals surface area (Å²) in [6.07, 6.45) is 0. The summed E-state index contributed by atoms with van der Waals surface area (Å²) in [5, 5.41) is 8.37. The highest BCUT2D eigenvalue weighted by molar-refractivity contribution is 9.10. The number of carbonyl (C=O) groups is 1. The van der Waals surface area contributed by atoms with Gasteiger partial charge in [-0.05, 0) is 46.1 Å². The molecular formula is C18H19BrN4O. The fourth-order valence-corrected chi connectivity index (χ4v) is 3.09. The van der Waals surface area contributed by atoms with Crippen LogP contribution in [0.1, 0.15) is 24.2 Å². The molecule has 0 aliphatic rings. The van der Waals surface area contributed by atoms with Crippen molar-refractivity contribution in [2.24, 2.45) is 5.92 Å². The zero-order chi connectivity index (χ0) is 17.1. The van der Waals surface area contributed by atoms with Gasteiger partial charge in [-0.25, -0.2) is 4.68 Å². The van der Waals surface area contributed by atoms with Crippen LogP contribution >= 0.6 is 15.9 Å². The number of para-hydroxylation sites is 1. The second kappa shape index (κ2) is 7.13. The van der Waals surface area contributed by atoms with Gasteiger partial charge >= 0.3 is 0 Å². The number of nitrogens with zero attached hydrogens (tertiary/aromatic N) is 4. The molecule has 0 saturated carbocycles. The molecule has 0 N–H and O–H groups in total. The van der Waals surface area contributed by atoms with Crippen molar-refractivity contribution in [2.45, 2.75) is 20.5 Å². The highest BCUT2D eigenvalue weighted by atomic mass is 79.9. The topological polar surface area (TPSA) is 51.0 Å². The molecular weight excluding hydrogens is 368 g/mol. The maximum absolute atomic E-state index is 13.0. The van der Waals surface area contributed by atoms with E-state index < -0.39 is 0 Å². The highest BCUT2D eigenvalue weighted by Crippen LogP contribution is 2.20. The fraction of sp³-hybridized carbons (Fsp3) is 0.278. The van der Waals surface area contributed by atoms with Gasteiger partial charge in [0.15, 0.2) is 0 Å². The number of rotatable bonds is 5. The lowest BCUT2D eigenvalue weighted by Gasteiger charge is -2.25. The van der Waals surface area contributed by atoms with E-state index in [1.54, 1.807) is 4.68 Å². The molecule has 6 heteroatoms. The van der Waals surface area contributed by atoms with Crippen LogP contribution in [0.2, 0.25) is 0 Å². The molecule has 3 rings (SSSR count). The Labute approximate surface area is 149 Å². The zero-order valence-corrected chi connectivity index (χ0v) is 15.3. The third-order valence-electron chi connectivity index (χ3n) is 3.70. The van der Waals surface area contributed by atoms with E-state index in [1.165, 1.54) is 0 Å². The number of carbonyl (C=O) groups excluding carboxylic acids is 1. The molecule has 0 saturated heterocycles. The largest absolute Gasteiger partial charge is 0.319 e. The summed E-state index contributed by atoms with van der Waals surface area (Å²) in [5.74, 6) is 0.335. The standard InChI is InChI=1S/C18H19BrN4O/c1-13(2)11-22(18(24)14-7-3-4-8-15(14)19)12-23-17-10-6-5-9-16(17)20-21-23/h3-10,13H,11-12H2,1-2H3. The monoisotopic (exact) mass is 386 g/mol. The number of fused-ring (bicyclic) bond motifs is 1. The molecule has 0 bridgehead atoms.